The molecule has 0 heterocycles. The summed E-state index contributed by atoms with van der Waals surface area (Å²) >= 11 is 0. The van der Waals surface area contributed by atoms with Crippen molar-refractivity contribution in [2.75, 3.05) is 39.1 Å². The number of likely N-dealkylation sites (N-methyl/N-ethyl adjacent to an activating group) is 1. The molecule has 0 aliphatic heterocycles. The molecule has 1 aromatic carbocycles. The summed E-state index contributed by atoms with van der Waals surface area (Å²) in [5, 5.41) is 2.68. The molecular weight excluding hydrogens is 431 g/mol. The van der Waals surface area contributed by atoms with Gasteiger partial charge >= 0.3 is 12.2 Å². The number of nitrogens with zero attached hydrogens (tertiary/aromatic N) is 2. The molecule has 186 valence electrons. The first-order chi connectivity index (χ1) is 15.7. The molecule has 0 unspecified atom stereocenters. The fourth-order valence-electron chi connectivity index (χ4n) is 4.12. The van der Waals surface area contributed by atoms with Gasteiger partial charge in [0.05, 0.1) is 11.7 Å². The van der Waals surface area contributed by atoms with E-state index >= 15 is 0 Å². The molecule has 1 fully saturated rings. The Bertz CT molecular complexity index is 717. The number of benzene rings is 1. The summed E-state index contributed by atoms with van der Waals surface area (Å²) in [5.74, 6) is 0. The lowest BCUT2D eigenvalue weighted by Crippen LogP contribution is -2.42. The molecule has 0 bridgehead atoms. The zero-order valence-electron chi connectivity index (χ0n) is 19.9. The Hall–Kier alpha value is -2.06. The number of unbranched alkanes of at least 4 members (excludes halogenated alkanes) is 3. The second kappa shape index (κ2) is 13.6. The van der Waals surface area contributed by atoms with Crippen LogP contribution in [0.4, 0.5) is 23.7 Å². The molecule has 33 heavy (non-hydrogen) atoms. The molecule has 1 N–H and O–H groups in total. The van der Waals surface area contributed by atoms with Crippen LogP contribution in [0.5, 0.6) is 0 Å². The van der Waals surface area contributed by atoms with Crippen molar-refractivity contribution in [1.29, 1.82) is 0 Å². The van der Waals surface area contributed by atoms with Gasteiger partial charge in [-0.1, -0.05) is 18.9 Å². The maximum absolute atomic E-state index is 12.7. The third kappa shape index (κ3) is 9.76. The Kier molecular flexibility index (Phi) is 11.2. The second-order valence-corrected chi connectivity index (χ2v) is 8.88. The number of alkyl halides is 3. The number of hydrogen-bond donors (Lipinski definition) is 1. The van der Waals surface area contributed by atoms with E-state index in [1.165, 1.54) is 31.4 Å². The van der Waals surface area contributed by atoms with E-state index in [2.05, 4.69) is 23.8 Å². The van der Waals surface area contributed by atoms with Crippen LogP contribution in [0, 0.1) is 0 Å². The smallest absolute Gasteiger partial charge is 0.378 e. The van der Waals surface area contributed by atoms with E-state index < -0.39 is 11.7 Å². The topological polar surface area (TPSA) is 44.8 Å². The Balaban J connectivity index is 1.60. The minimum Gasteiger partial charge on any atom is -0.378 e. The standard InChI is InChI=1S/C25H38F3N3O2/c1-4-17-30(2)18-7-5-6-8-19-33-23-15-13-22(14-16-23)31(3)24(32)29-21-11-9-20(10-12-21)25(26,27)28/h4,9-12,22-23H,1,5-8,13-19H2,2-3H3,(H,29,32)/t22-,23-. The third-order valence-corrected chi connectivity index (χ3v) is 6.20. The van der Waals surface area contributed by atoms with Crippen LogP contribution in [0.2, 0.25) is 0 Å². The lowest BCUT2D eigenvalue weighted by atomic mass is 9.92. The second-order valence-electron chi connectivity index (χ2n) is 8.88. The van der Waals surface area contributed by atoms with Crippen molar-refractivity contribution in [1.82, 2.24) is 9.80 Å². The summed E-state index contributed by atoms with van der Waals surface area (Å²) in [6, 6.07) is 4.29. The van der Waals surface area contributed by atoms with Gasteiger partial charge in [-0.2, -0.15) is 13.2 Å². The van der Waals surface area contributed by atoms with Gasteiger partial charge < -0.3 is 19.9 Å². The predicted molar refractivity (Wildman–Crippen MR) is 126 cm³/mol. The Morgan fingerprint density at radius 3 is 2.33 bits per heavy atom. The zero-order valence-corrected chi connectivity index (χ0v) is 19.9. The highest BCUT2D eigenvalue weighted by Crippen LogP contribution is 2.30. The number of amides is 2. The number of ether oxygens (including phenoxy) is 1. The highest BCUT2D eigenvalue weighted by atomic mass is 19.4. The van der Waals surface area contributed by atoms with Gasteiger partial charge in [0.2, 0.25) is 0 Å². The Labute approximate surface area is 196 Å². The fourth-order valence-corrected chi connectivity index (χ4v) is 4.12. The molecule has 5 nitrogen and oxygen atoms in total. The van der Waals surface area contributed by atoms with Crippen molar-refractivity contribution < 1.29 is 22.7 Å². The average Bonchev–Trinajstić information content (AvgIpc) is 2.78. The number of anilines is 1. The summed E-state index contributed by atoms with van der Waals surface area (Å²) in [4.78, 5) is 16.4. The van der Waals surface area contributed by atoms with Crippen molar-refractivity contribution in [2.45, 2.75) is 69.7 Å². The summed E-state index contributed by atoms with van der Waals surface area (Å²) in [6.45, 7) is 6.55. The minimum atomic E-state index is -4.39. The highest BCUT2D eigenvalue weighted by Gasteiger charge is 2.30. The summed E-state index contributed by atoms with van der Waals surface area (Å²) < 4.78 is 44.1. The number of urea groups is 1. The normalized spacial score (nSPS) is 18.8. The van der Waals surface area contributed by atoms with Crippen molar-refractivity contribution in [3.05, 3.63) is 42.5 Å². The summed E-state index contributed by atoms with van der Waals surface area (Å²) in [5.41, 5.74) is -0.382. The molecule has 1 saturated carbocycles. The molecule has 1 aromatic rings. The van der Waals surface area contributed by atoms with Crippen LogP contribution in [0.15, 0.2) is 36.9 Å². The predicted octanol–water partition coefficient (Wildman–Crippen LogP) is 6.18. The molecule has 2 amide bonds. The third-order valence-electron chi connectivity index (χ3n) is 6.20. The molecule has 0 spiro atoms. The van der Waals surface area contributed by atoms with E-state index in [1.807, 2.05) is 6.08 Å². The average molecular weight is 470 g/mol. The van der Waals surface area contributed by atoms with Crippen LogP contribution in [0.3, 0.4) is 0 Å². The van der Waals surface area contributed by atoms with E-state index in [-0.39, 0.29) is 18.2 Å². The van der Waals surface area contributed by atoms with Crippen molar-refractivity contribution in [3.8, 4) is 0 Å². The first-order valence-electron chi connectivity index (χ1n) is 11.8. The van der Waals surface area contributed by atoms with Gasteiger partial charge in [0.15, 0.2) is 0 Å². The van der Waals surface area contributed by atoms with Gasteiger partial charge in [-0.05, 0) is 76.4 Å². The largest absolute Gasteiger partial charge is 0.416 e. The number of rotatable bonds is 12. The molecule has 0 saturated heterocycles. The molecule has 1 aliphatic rings. The van der Waals surface area contributed by atoms with E-state index in [0.29, 0.717) is 5.69 Å². The van der Waals surface area contributed by atoms with Crippen LogP contribution >= 0.6 is 0 Å². The number of nitrogens with one attached hydrogen (secondary N) is 1. The molecule has 0 aromatic heterocycles. The van der Waals surface area contributed by atoms with Crippen molar-refractivity contribution in [2.24, 2.45) is 0 Å². The Morgan fingerprint density at radius 2 is 1.73 bits per heavy atom. The van der Waals surface area contributed by atoms with E-state index in [4.69, 9.17) is 4.74 Å². The number of carbonyl (C=O) groups excluding carboxylic acids is 1. The van der Waals surface area contributed by atoms with Crippen LogP contribution in [0.25, 0.3) is 0 Å². The van der Waals surface area contributed by atoms with Gasteiger partial charge in [0, 0.05) is 31.9 Å². The molecule has 1 aliphatic carbocycles. The molecular formula is C25H38F3N3O2. The van der Waals surface area contributed by atoms with Gasteiger partial charge in [-0.15, -0.1) is 6.58 Å². The summed E-state index contributed by atoms with van der Waals surface area (Å²) in [6.07, 6.45) is 5.95. The van der Waals surface area contributed by atoms with Crippen LogP contribution < -0.4 is 5.32 Å². The fraction of sp³-hybridized carbons (Fsp3) is 0.640. The lowest BCUT2D eigenvalue weighted by molar-refractivity contribution is -0.137. The van der Waals surface area contributed by atoms with Gasteiger partial charge in [0.25, 0.3) is 0 Å². The number of halogens is 3. The maximum atomic E-state index is 12.7. The van der Waals surface area contributed by atoms with E-state index in [9.17, 15) is 18.0 Å². The van der Waals surface area contributed by atoms with Gasteiger partial charge in [-0.25, -0.2) is 4.79 Å². The SMILES string of the molecule is C=CCN(C)CCCCCCO[C@H]1CC[C@H](N(C)C(=O)Nc2ccc(C(F)(F)F)cc2)CC1. The van der Waals surface area contributed by atoms with Crippen LogP contribution in [0.1, 0.15) is 56.9 Å². The molecule has 0 radical (unpaired) electrons. The quantitative estimate of drug-likeness (QED) is 0.294. The molecule has 2 rings (SSSR count). The monoisotopic (exact) mass is 469 g/mol. The van der Waals surface area contributed by atoms with Gasteiger partial charge in [-0.3, -0.25) is 0 Å². The first-order valence-corrected chi connectivity index (χ1v) is 11.8. The van der Waals surface area contributed by atoms with Crippen LogP contribution in [-0.2, 0) is 10.9 Å². The molecule has 0 atom stereocenters. The highest BCUT2D eigenvalue weighted by molar-refractivity contribution is 5.89. The summed E-state index contributed by atoms with van der Waals surface area (Å²) in [7, 11) is 3.84. The van der Waals surface area contributed by atoms with E-state index in [0.717, 1.165) is 63.9 Å². The van der Waals surface area contributed by atoms with E-state index in [1.54, 1.807) is 11.9 Å². The van der Waals surface area contributed by atoms with Crippen molar-refractivity contribution >= 4 is 11.7 Å². The minimum absolute atomic E-state index is 0.104. The number of hydrogen-bond acceptors (Lipinski definition) is 3. The molecule has 8 heteroatoms. The van der Waals surface area contributed by atoms with Gasteiger partial charge in [0.1, 0.15) is 0 Å². The number of carbonyl (C=O) groups is 1. The van der Waals surface area contributed by atoms with Crippen LogP contribution in [-0.4, -0.2) is 61.8 Å². The zero-order chi connectivity index (χ0) is 24.3. The lowest BCUT2D eigenvalue weighted by Gasteiger charge is -2.34. The Morgan fingerprint density at radius 1 is 1.09 bits per heavy atom. The first kappa shape index (κ1) is 27.2. The van der Waals surface area contributed by atoms with Crippen molar-refractivity contribution in [3.63, 3.8) is 0 Å². The maximum Gasteiger partial charge on any atom is 0.416 e.